The Balaban J connectivity index is 2.29. The Hall–Kier alpha value is -1.88. The van der Waals surface area contributed by atoms with Crippen LogP contribution in [-0.4, -0.2) is 14.5 Å². The van der Waals surface area contributed by atoms with Gasteiger partial charge >= 0.3 is 0 Å². The molecular weight excluding hydrogens is 316 g/mol. The molecular formula is C15H15BrN4. The minimum Gasteiger partial charge on any atom is -0.398 e. The van der Waals surface area contributed by atoms with E-state index in [1.807, 2.05) is 30.3 Å². The van der Waals surface area contributed by atoms with Gasteiger partial charge in [0.1, 0.15) is 11.3 Å². The van der Waals surface area contributed by atoms with Gasteiger partial charge in [0.05, 0.1) is 0 Å². The van der Waals surface area contributed by atoms with E-state index in [2.05, 4.69) is 39.3 Å². The lowest BCUT2D eigenvalue weighted by molar-refractivity contribution is 0.619. The average molecular weight is 331 g/mol. The number of nitrogen functional groups attached to an aromatic ring is 1. The number of imidazole rings is 1. The molecule has 0 aliphatic carbocycles. The maximum atomic E-state index is 5.85. The summed E-state index contributed by atoms with van der Waals surface area (Å²) in [6.45, 7) is 4.26. The van der Waals surface area contributed by atoms with Gasteiger partial charge in [0, 0.05) is 28.0 Å². The van der Waals surface area contributed by atoms with E-state index in [0.717, 1.165) is 32.7 Å². The predicted molar refractivity (Wildman–Crippen MR) is 85.5 cm³/mol. The average Bonchev–Trinajstić information content (AvgIpc) is 2.81. The fourth-order valence-electron chi connectivity index (χ4n) is 2.29. The SMILES string of the molecule is CC(C)n1c(-c2ccc(N)c(Br)c2)nc2cccnc21. The third-order valence-corrected chi connectivity index (χ3v) is 3.91. The van der Waals surface area contributed by atoms with Crippen LogP contribution in [0.25, 0.3) is 22.6 Å². The largest absolute Gasteiger partial charge is 0.398 e. The zero-order valence-electron chi connectivity index (χ0n) is 11.3. The molecule has 0 radical (unpaired) electrons. The first-order chi connectivity index (χ1) is 9.58. The van der Waals surface area contributed by atoms with Crippen molar-refractivity contribution in [3.8, 4) is 11.4 Å². The quantitative estimate of drug-likeness (QED) is 0.722. The molecule has 102 valence electrons. The molecule has 20 heavy (non-hydrogen) atoms. The molecule has 2 heterocycles. The van der Waals surface area contributed by atoms with E-state index >= 15 is 0 Å². The molecule has 2 N–H and O–H groups in total. The van der Waals surface area contributed by atoms with Crippen LogP contribution in [-0.2, 0) is 0 Å². The zero-order valence-corrected chi connectivity index (χ0v) is 12.9. The monoisotopic (exact) mass is 330 g/mol. The minimum absolute atomic E-state index is 0.279. The van der Waals surface area contributed by atoms with E-state index in [1.54, 1.807) is 6.20 Å². The Kier molecular flexibility index (Phi) is 3.22. The van der Waals surface area contributed by atoms with Gasteiger partial charge in [-0.05, 0) is 60.1 Å². The maximum absolute atomic E-state index is 5.85. The lowest BCUT2D eigenvalue weighted by Gasteiger charge is -2.12. The predicted octanol–water partition coefficient (Wildman–Crippen LogP) is 4.02. The summed E-state index contributed by atoms with van der Waals surface area (Å²) in [7, 11) is 0. The summed E-state index contributed by atoms with van der Waals surface area (Å²) in [6.07, 6.45) is 1.80. The number of rotatable bonds is 2. The summed E-state index contributed by atoms with van der Waals surface area (Å²) in [5.41, 5.74) is 9.41. The first-order valence-corrected chi connectivity index (χ1v) is 7.25. The highest BCUT2D eigenvalue weighted by atomic mass is 79.9. The van der Waals surface area contributed by atoms with Crippen LogP contribution in [0.1, 0.15) is 19.9 Å². The van der Waals surface area contributed by atoms with Gasteiger partial charge in [0.15, 0.2) is 5.65 Å². The standard InChI is InChI=1S/C15H15BrN4/c1-9(2)20-14(10-5-6-12(17)11(16)8-10)19-13-4-3-7-18-15(13)20/h3-9H,17H2,1-2H3. The number of fused-ring (bicyclic) bond motifs is 1. The Morgan fingerprint density at radius 1 is 1.25 bits per heavy atom. The Morgan fingerprint density at radius 3 is 2.75 bits per heavy atom. The summed E-state index contributed by atoms with van der Waals surface area (Å²) >= 11 is 3.47. The van der Waals surface area contributed by atoms with E-state index in [4.69, 9.17) is 10.7 Å². The normalized spacial score (nSPS) is 11.4. The number of nitrogens with two attached hydrogens (primary N) is 1. The van der Waals surface area contributed by atoms with Crippen LogP contribution in [0.3, 0.4) is 0 Å². The van der Waals surface area contributed by atoms with Gasteiger partial charge in [-0.1, -0.05) is 0 Å². The van der Waals surface area contributed by atoms with Crippen LogP contribution in [0.15, 0.2) is 41.0 Å². The van der Waals surface area contributed by atoms with Crippen molar-refractivity contribution < 1.29 is 0 Å². The number of hydrogen-bond donors (Lipinski definition) is 1. The molecule has 0 saturated carbocycles. The lowest BCUT2D eigenvalue weighted by atomic mass is 10.2. The molecule has 0 fully saturated rings. The van der Waals surface area contributed by atoms with Gasteiger partial charge in [0.2, 0.25) is 0 Å². The van der Waals surface area contributed by atoms with Crippen molar-refractivity contribution in [2.45, 2.75) is 19.9 Å². The van der Waals surface area contributed by atoms with Crippen molar-refractivity contribution in [1.82, 2.24) is 14.5 Å². The molecule has 5 heteroatoms. The van der Waals surface area contributed by atoms with E-state index in [0.29, 0.717) is 0 Å². The molecule has 0 amide bonds. The molecule has 4 nitrogen and oxygen atoms in total. The van der Waals surface area contributed by atoms with Crippen molar-refractivity contribution in [3.05, 3.63) is 41.0 Å². The van der Waals surface area contributed by atoms with Crippen molar-refractivity contribution in [2.75, 3.05) is 5.73 Å². The molecule has 0 aliphatic heterocycles. The Bertz CT molecular complexity index is 777. The molecule has 0 saturated heterocycles. The Labute approximate surface area is 125 Å². The number of benzene rings is 1. The summed E-state index contributed by atoms with van der Waals surface area (Å²) in [6, 6.07) is 10.0. The molecule has 0 atom stereocenters. The second-order valence-corrected chi connectivity index (χ2v) is 5.84. The topological polar surface area (TPSA) is 56.7 Å². The second kappa shape index (κ2) is 4.90. The number of hydrogen-bond acceptors (Lipinski definition) is 3. The van der Waals surface area contributed by atoms with Crippen LogP contribution >= 0.6 is 15.9 Å². The van der Waals surface area contributed by atoms with Crippen molar-refractivity contribution in [3.63, 3.8) is 0 Å². The number of anilines is 1. The lowest BCUT2D eigenvalue weighted by Crippen LogP contribution is -2.04. The molecule has 0 spiro atoms. The van der Waals surface area contributed by atoms with Crippen molar-refractivity contribution >= 4 is 32.8 Å². The summed E-state index contributed by atoms with van der Waals surface area (Å²) in [5.74, 6) is 0.911. The number of pyridine rings is 1. The first-order valence-electron chi connectivity index (χ1n) is 6.46. The third kappa shape index (κ3) is 2.08. The number of aromatic nitrogens is 3. The molecule has 0 bridgehead atoms. The van der Waals surface area contributed by atoms with Crippen LogP contribution in [0.5, 0.6) is 0 Å². The fourth-order valence-corrected chi connectivity index (χ4v) is 2.67. The second-order valence-electron chi connectivity index (χ2n) is 4.98. The van der Waals surface area contributed by atoms with E-state index in [9.17, 15) is 0 Å². The Morgan fingerprint density at radius 2 is 2.05 bits per heavy atom. The van der Waals surface area contributed by atoms with Crippen LogP contribution in [0.2, 0.25) is 0 Å². The van der Waals surface area contributed by atoms with E-state index < -0.39 is 0 Å². The van der Waals surface area contributed by atoms with E-state index in [-0.39, 0.29) is 6.04 Å². The van der Waals surface area contributed by atoms with Crippen LogP contribution in [0.4, 0.5) is 5.69 Å². The summed E-state index contributed by atoms with van der Waals surface area (Å²) in [4.78, 5) is 9.17. The van der Waals surface area contributed by atoms with Crippen LogP contribution < -0.4 is 5.73 Å². The molecule has 3 aromatic rings. The first kappa shape index (κ1) is 13.1. The summed E-state index contributed by atoms with van der Waals surface area (Å²) < 4.78 is 3.03. The molecule has 1 aromatic carbocycles. The molecule has 2 aromatic heterocycles. The van der Waals surface area contributed by atoms with Gasteiger partial charge in [-0.3, -0.25) is 0 Å². The zero-order chi connectivity index (χ0) is 14.3. The van der Waals surface area contributed by atoms with Gasteiger partial charge in [-0.25, -0.2) is 9.97 Å². The highest BCUT2D eigenvalue weighted by molar-refractivity contribution is 9.10. The smallest absolute Gasteiger partial charge is 0.160 e. The van der Waals surface area contributed by atoms with Crippen molar-refractivity contribution in [2.24, 2.45) is 0 Å². The minimum atomic E-state index is 0.279. The number of halogens is 1. The highest BCUT2D eigenvalue weighted by Gasteiger charge is 2.16. The van der Waals surface area contributed by atoms with Gasteiger partial charge in [0.25, 0.3) is 0 Å². The van der Waals surface area contributed by atoms with Gasteiger partial charge in [-0.2, -0.15) is 0 Å². The molecule has 0 aliphatic rings. The van der Waals surface area contributed by atoms with Gasteiger partial charge < -0.3 is 10.3 Å². The van der Waals surface area contributed by atoms with Crippen molar-refractivity contribution in [1.29, 1.82) is 0 Å². The van der Waals surface area contributed by atoms with E-state index in [1.165, 1.54) is 0 Å². The molecule has 3 rings (SSSR count). The maximum Gasteiger partial charge on any atom is 0.160 e. The van der Waals surface area contributed by atoms with Gasteiger partial charge in [-0.15, -0.1) is 0 Å². The highest BCUT2D eigenvalue weighted by Crippen LogP contribution is 2.30. The fraction of sp³-hybridized carbons (Fsp3) is 0.200. The van der Waals surface area contributed by atoms with Crippen LogP contribution in [0, 0.1) is 0 Å². The molecule has 0 unspecified atom stereocenters. The third-order valence-electron chi connectivity index (χ3n) is 3.22. The summed E-state index contributed by atoms with van der Waals surface area (Å²) in [5, 5.41) is 0. The number of nitrogens with zero attached hydrogens (tertiary/aromatic N) is 3.